The van der Waals surface area contributed by atoms with Crippen LogP contribution in [0.2, 0.25) is 0 Å². The normalized spacial score (nSPS) is 13.8. The fraction of sp³-hybridized carbons (Fsp3) is 0.364. The molecule has 0 aliphatic carbocycles. The van der Waals surface area contributed by atoms with Crippen LogP contribution in [-0.2, 0) is 14.9 Å². The van der Waals surface area contributed by atoms with Crippen molar-refractivity contribution in [3.05, 3.63) is 35.9 Å². The van der Waals surface area contributed by atoms with E-state index in [1.54, 1.807) is 6.07 Å². The van der Waals surface area contributed by atoms with E-state index in [1.165, 1.54) is 24.3 Å². The van der Waals surface area contributed by atoms with Gasteiger partial charge in [-0.3, -0.25) is 0 Å². The number of alkyl halides is 3. The molecule has 20 heavy (non-hydrogen) atoms. The second kappa shape index (κ2) is 6.23. The first-order valence-corrected chi connectivity index (χ1v) is 6.76. The Morgan fingerprint density at radius 2 is 1.85 bits per heavy atom. The minimum Gasteiger partial charge on any atom is -0.743 e. The standard InChI is InChI=1S/C11H11F3O5S/c12-9(11(13,14)20(16,17)18)6-7-19-10(15)8-4-2-1-3-5-8/h1-5,9H,6-7H2,(H,16,17,18)/p-1. The zero-order chi connectivity index (χ0) is 15.4. The first-order valence-electron chi connectivity index (χ1n) is 5.35. The maximum Gasteiger partial charge on any atom is 0.364 e. The molecular formula is C11H10F3O5S-. The molecule has 0 aliphatic heterocycles. The molecule has 112 valence electrons. The Morgan fingerprint density at radius 1 is 1.30 bits per heavy atom. The highest BCUT2D eigenvalue weighted by molar-refractivity contribution is 7.86. The molecule has 1 aromatic carbocycles. The highest BCUT2D eigenvalue weighted by Crippen LogP contribution is 2.29. The summed E-state index contributed by atoms with van der Waals surface area (Å²) in [7, 11) is -6.10. The largest absolute Gasteiger partial charge is 0.743 e. The van der Waals surface area contributed by atoms with Crippen LogP contribution in [0.5, 0.6) is 0 Å². The zero-order valence-corrected chi connectivity index (χ0v) is 10.8. The van der Waals surface area contributed by atoms with Crippen molar-refractivity contribution in [1.82, 2.24) is 0 Å². The van der Waals surface area contributed by atoms with E-state index in [1.807, 2.05) is 0 Å². The summed E-state index contributed by atoms with van der Waals surface area (Å²) in [6.45, 7) is -0.778. The molecule has 0 fully saturated rings. The molecule has 0 amide bonds. The molecule has 1 unspecified atom stereocenters. The summed E-state index contributed by atoms with van der Waals surface area (Å²) in [5.74, 6) is -0.869. The quantitative estimate of drug-likeness (QED) is 0.590. The van der Waals surface area contributed by atoms with Crippen molar-refractivity contribution in [2.75, 3.05) is 6.61 Å². The molecule has 0 radical (unpaired) electrons. The van der Waals surface area contributed by atoms with Crippen molar-refractivity contribution >= 4 is 16.1 Å². The third-order valence-electron chi connectivity index (χ3n) is 2.31. The van der Waals surface area contributed by atoms with E-state index < -0.39 is 40.5 Å². The van der Waals surface area contributed by atoms with Crippen LogP contribution >= 0.6 is 0 Å². The second-order valence-electron chi connectivity index (χ2n) is 3.77. The highest BCUT2D eigenvalue weighted by Gasteiger charge is 2.47. The predicted octanol–water partition coefficient (Wildman–Crippen LogP) is 1.71. The first-order chi connectivity index (χ1) is 9.16. The lowest BCUT2D eigenvalue weighted by Gasteiger charge is -2.23. The number of ether oxygens (including phenoxy) is 1. The van der Waals surface area contributed by atoms with Crippen molar-refractivity contribution in [2.45, 2.75) is 17.8 Å². The average Bonchev–Trinajstić information content (AvgIpc) is 2.38. The maximum absolute atomic E-state index is 13.0. The Morgan fingerprint density at radius 3 is 2.35 bits per heavy atom. The van der Waals surface area contributed by atoms with E-state index in [0.717, 1.165) is 0 Å². The molecule has 5 nitrogen and oxygen atoms in total. The summed E-state index contributed by atoms with van der Waals surface area (Å²) in [6, 6.07) is 7.49. The monoisotopic (exact) mass is 311 g/mol. The van der Waals surface area contributed by atoms with Crippen molar-refractivity contribution in [3.63, 3.8) is 0 Å². The predicted molar refractivity (Wildman–Crippen MR) is 60.9 cm³/mol. The summed E-state index contributed by atoms with van der Waals surface area (Å²) in [5.41, 5.74) is 0.131. The third-order valence-corrected chi connectivity index (χ3v) is 3.23. The van der Waals surface area contributed by atoms with Gasteiger partial charge in [-0.2, -0.15) is 8.78 Å². The molecular weight excluding hydrogens is 301 g/mol. The van der Waals surface area contributed by atoms with Crippen molar-refractivity contribution < 1.29 is 35.7 Å². The van der Waals surface area contributed by atoms with Gasteiger partial charge in [0.2, 0.25) is 0 Å². The van der Waals surface area contributed by atoms with E-state index in [4.69, 9.17) is 0 Å². The van der Waals surface area contributed by atoms with Crippen LogP contribution in [0.4, 0.5) is 13.2 Å². The van der Waals surface area contributed by atoms with Crippen LogP contribution in [0.25, 0.3) is 0 Å². The number of benzene rings is 1. The molecule has 0 spiro atoms. The van der Waals surface area contributed by atoms with Crippen LogP contribution in [0, 0.1) is 0 Å². The number of esters is 1. The molecule has 0 N–H and O–H groups in total. The summed E-state index contributed by atoms with van der Waals surface area (Å²) < 4.78 is 73.5. The van der Waals surface area contributed by atoms with Gasteiger partial charge in [0.1, 0.15) is 0 Å². The Kier molecular flexibility index (Phi) is 5.12. The van der Waals surface area contributed by atoms with Crippen molar-refractivity contribution in [3.8, 4) is 0 Å². The summed E-state index contributed by atoms with van der Waals surface area (Å²) in [6.07, 6.45) is -4.35. The third kappa shape index (κ3) is 3.94. The van der Waals surface area contributed by atoms with Crippen molar-refractivity contribution in [2.24, 2.45) is 0 Å². The van der Waals surface area contributed by atoms with E-state index >= 15 is 0 Å². The Hall–Kier alpha value is -1.61. The van der Waals surface area contributed by atoms with E-state index in [0.29, 0.717) is 0 Å². The van der Waals surface area contributed by atoms with Gasteiger partial charge in [-0.15, -0.1) is 0 Å². The lowest BCUT2D eigenvalue weighted by atomic mass is 10.2. The van der Waals surface area contributed by atoms with Crippen LogP contribution in [0.15, 0.2) is 30.3 Å². The molecule has 1 rings (SSSR count). The lowest BCUT2D eigenvalue weighted by Crippen LogP contribution is -2.39. The lowest BCUT2D eigenvalue weighted by molar-refractivity contribution is -0.0169. The number of halogens is 3. The Bertz CT molecular complexity index is 559. The minimum absolute atomic E-state index is 0.131. The fourth-order valence-corrected chi connectivity index (χ4v) is 1.67. The van der Waals surface area contributed by atoms with Crippen LogP contribution in [0.3, 0.4) is 0 Å². The Balaban J connectivity index is 2.51. The topological polar surface area (TPSA) is 83.5 Å². The van der Waals surface area contributed by atoms with Crippen molar-refractivity contribution in [1.29, 1.82) is 0 Å². The SMILES string of the molecule is O=C(OCCC(F)C(F)(F)S(=O)(=O)[O-])c1ccccc1. The van der Waals surface area contributed by atoms with E-state index in [9.17, 15) is 30.9 Å². The molecule has 9 heteroatoms. The molecule has 0 saturated heterocycles. The van der Waals surface area contributed by atoms with Gasteiger partial charge in [0.15, 0.2) is 16.3 Å². The number of carbonyl (C=O) groups is 1. The smallest absolute Gasteiger partial charge is 0.364 e. The number of rotatable bonds is 6. The zero-order valence-electron chi connectivity index (χ0n) is 9.96. The average molecular weight is 311 g/mol. The molecule has 0 aliphatic rings. The molecule has 0 aromatic heterocycles. The Labute approximate surface area is 113 Å². The van der Waals surface area contributed by atoms with Gasteiger partial charge < -0.3 is 9.29 Å². The first kappa shape index (κ1) is 16.4. The highest BCUT2D eigenvalue weighted by atomic mass is 32.2. The van der Waals surface area contributed by atoms with Gasteiger partial charge in [0.25, 0.3) is 0 Å². The van der Waals surface area contributed by atoms with Gasteiger partial charge in [-0.05, 0) is 12.1 Å². The molecule has 0 heterocycles. The fourth-order valence-electron chi connectivity index (χ4n) is 1.24. The number of hydrogen-bond donors (Lipinski definition) is 0. The number of hydrogen-bond acceptors (Lipinski definition) is 5. The van der Waals surface area contributed by atoms with Gasteiger partial charge in [0.05, 0.1) is 12.2 Å². The van der Waals surface area contributed by atoms with Gasteiger partial charge in [0, 0.05) is 6.42 Å². The van der Waals surface area contributed by atoms with Crippen LogP contribution < -0.4 is 0 Å². The summed E-state index contributed by atoms with van der Waals surface area (Å²) >= 11 is 0. The maximum atomic E-state index is 13.0. The van der Waals surface area contributed by atoms with Crippen LogP contribution in [0.1, 0.15) is 16.8 Å². The van der Waals surface area contributed by atoms with E-state index in [-0.39, 0.29) is 5.56 Å². The molecule has 1 atom stereocenters. The van der Waals surface area contributed by atoms with Gasteiger partial charge in [-0.1, -0.05) is 18.2 Å². The summed E-state index contributed by atoms with van der Waals surface area (Å²) in [4.78, 5) is 11.4. The molecule has 1 aromatic rings. The van der Waals surface area contributed by atoms with E-state index in [2.05, 4.69) is 4.74 Å². The van der Waals surface area contributed by atoms with Crippen LogP contribution in [-0.4, -0.2) is 37.0 Å². The molecule has 0 bridgehead atoms. The molecule has 0 saturated carbocycles. The van der Waals surface area contributed by atoms with Gasteiger partial charge >= 0.3 is 11.2 Å². The van der Waals surface area contributed by atoms with Gasteiger partial charge in [-0.25, -0.2) is 17.6 Å². The minimum atomic E-state index is -6.10. The second-order valence-corrected chi connectivity index (χ2v) is 5.23. The summed E-state index contributed by atoms with van der Waals surface area (Å²) in [5, 5.41) is -5.05. The number of carbonyl (C=O) groups excluding carboxylic acids is 1.